The van der Waals surface area contributed by atoms with Gasteiger partial charge in [-0.25, -0.2) is 4.79 Å². The number of fused-ring (bicyclic) bond motifs is 1. The van der Waals surface area contributed by atoms with Crippen molar-refractivity contribution in [2.45, 2.75) is 5.79 Å². The van der Waals surface area contributed by atoms with E-state index < -0.39 is 11.8 Å². The largest absolute Gasteiger partial charge is 0.504 e. The molecular weight excluding hydrogens is 392 g/mol. The molecule has 1 N–H and O–H groups in total. The van der Waals surface area contributed by atoms with Crippen molar-refractivity contribution in [2.24, 2.45) is 0 Å². The maximum Gasteiger partial charge on any atom is 0.343 e. The Hall–Kier alpha value is -4.25. The predicted molar refractivity (Wildman–Crippen MR) is 114 cm³/mol. The molecule has 4 aromatic carbocycles. The first kappa shape index (κ1) is 18.8. The van der Waals surface area contributed by atoms with Gasteiger partial charge in [0.25, 0.3) is 0 Å². The summed E-state index contributed by atoms with van der Waals surface area (Å²) in [5, 5.41) is 10.6. The fourth-order valence-corrected chi connectivity index (χ4v) is 3.58. The highest BCUT2D eigenvalue weighted by Gasteiger charge is 2.46. The van der Waals surface area contributed by atoms with Gasteiger partial charge in [0.1, 0.15) is 5.75 Å². The average molecular weight is 410 g/mol. The third-order valence-electron chi connectivity index (χ3n) is 5.03. The number of para-hydroxylation sites is 1. The van der Waals surface area contributed by atoms with Gasteiger partial charge < -0.3 is 19.3 Å². The molecule has 5 rings (SSSR count). The highest BCUT2D eigenvalue weighted by atomic mass is 16.7. The number of ether oxygens (including phenoxy) is 3. The highest BCUT2D eigenvalue weighted by Crippen LogP contribution is 2.52. The van der Waals surface area contributed by atoms with Crippen LogP contribution >= 0.6 is 0 Å². The van der Waals surface area contributed by atoms with Crippen molar-refractivity contribution in [1.29, 1.82) is 0 Å². The number of phenolic OH excluding ortho intramolecular Hbond substituents is 1. The number of hydrogen-bond donors (Lipinski definition) is 1. The van der Waals surface area contributed by atoms with Crippen molar-refractivity contribution in [2.75, 3.05) is 0 Å². The van der Waals surface area contributed by atoms with Gasteiger partial charge in [0.2, 0.25) is 5.75 Å². The molecule has 4 aromatic rings. The molecule has 0 atom stereocenters. The molecule has 1 aliphatic heterocycles. The minimum Gasteiger partial charge on any atom is -0.504 e. The second kappa shape index (κ2) is 7.54. The van der Waals surface area contributed by atoms with E-state index in [9.17, 15) is 9.90 Å². The van der Waals surface area contributed by atoms with Crippen LogP contribution in [0.5, 0.6) is 23.0 Å². The van der Waals surface area contributed by atoms with Gasteiger partial charge >= 0.3 is 11.8 Å². The molecule has 1 heterocycles. The molecule has 0 fully saturated rings. The molecule has 0 amide bonds. The molecule has 0 spiro atoms. The maximum atomic E-state index is 12.6. The Balaban J connectivity index is 1.54. The monoisotopic (exact) mass is 410 g/mol. The number of benzene rings is 4. The summed E-state index contributed by atoms with van der Waals surface area (Å²) in [6, 6.07) is 30.5. The number of rotatable bonds is 4. The van der Waals surface area contributed by atoms with E-state index in [1.807, 2.05) is 66.7 Å². The summed E-state index contributed by atoms with van der Waals surface area (Å²) in [4.78, 5) is 12.6. The van der Waals surface area contributed by atoms with Crippen molar-refractivity contribution in [3.63, 3.8) is 0 Å². The summed E-state index contributed by atoms with van der Waals surface area (Å²) >= 11 is 0. The van der Waals surface area contributed by atoms with Crippen LogP contribution in [-0.2, 0) is 5.79 Å². The summed E-state index contributed by atoms with van der Waals surface area (Å²) in [6.45, 7) is 0. The Morgan fingerprint density at radius 3 is 1.87 bits per heavy atom. The van der Waals surface area contributed by atoms with Gasteiger partial charge in [0.05, 0.1) is 5.56 Å². The predicted octanol–water partition coefficient (Wildman–Crippen LogP) is 5.28. The van der Waals surface area contributed by atoms with E-state index in [2.05, 4.69) is 0 Å². The minimum atomic E-state index is -1.29. The molecule has 5 nitrogen and oxygen atoms in total. The fraction of sp³-hybridized carbons (Fsp3) is 0.0385. The summed E-state index contributed by atoms with van der Waals surface area (Å²) in [5.74, 6) is -1.26. The van der Waals surface area contributed by atoms with Crippen LogP contribution in [0.3, 0.4) is 0 Å². The molecule has 0 bridgehead atoms. The van der Waals surface area contributed by atoms with Crippen LogP contribution in [0.15, 0.2) is 103 Å². The molecule has 0 aromatic heterocycles. The van der Waals surface area contributed by atoms with Crippen LogP contribution < -0.4 is 14.2 Å². The molecule has 0 saturated heterocycles. The minimum absolute atomic E-state index is 0.153. The zero-order valence-electron chi connectivity index (χ0n) is 16.4. The number of carbonyl (C=O) groups is 1. The van der Waals surface area contributed by atoms with Crippen LogP contribution in [0, 0.1) is 0 Å². The quantitative estimate of drug-likeness (QED) is 0.366. The second-order valence-corrected chi connectivity index (χ2v) is 7.08. The van der Waals surface area contributed by atoms with Gasteiger partial charge in [0, 0.05) is 11.1 Å². The summed E-state index contributed by atoms with van der Waals surface area (Å²) in [5.41, 5.74) is 1.66. The summed E-state index contributed by atoms with van der Waals surface area (Å²) in [7, 11) is 0. The van der Waals surface area contributed by atoms with Crippen LogP contribution in [0.2, 0.25) is 0 Å². The Morgan fingerprint density at radius 2 is 1.29 bits per heavy atom. The second-order valence-electron chi connectivity index (χ2n) is 7.08. The molecule has 31 heavy (non-hydrogen) atoms. The third-order valence-corrected chi connectivity index (χ3v) is 5.03. The molecule has 0 radical (unpaired) electrons. The lowest BCUT2D eigenvalue weighted by Gasteiger charge is -2.28. The first-order chi connectivity index (χ1) is 15.2. The number of esters is 1. The van der Waals surface area contributed by atoms with Gasteiger partial charge in [-0.1, -0.05) is 78.9 Å². The number of hydrogen-bond acceptors (Lipinski definition) is 5. The lowest BCUT2D eigenvalue weighted by atomic mass is 9.97. The van der Waals surface area contributed by atoms with Crippen molar-refractivity contribution in [3.05, 3.63) is 120 Å². The van der Waals surface area contributed by atoms with Gasteiger partial charge in [-0.3, -0.25) is 0 Å². The number of carbonyl (C=O) groups excluding carboxylic acids is 1. The maximum absolute atomic E-state index is 12.6. The van der Waals surface area contributed by atoms with Gasteiger partial charge in [-0.15, -0.1) is 0 Å². The molecule has 152 valence electrons. The molecular formula is C26H18O5. The van der Waals surface area contributed by atoms with Crippen molar-refractivity contribution in [1.82, 2.24) is 0 Å². The van der Waals surface area contributed by atoms with E-state index in [-0.39, 0.29) is 22.8 Å². The van der Waals surface area contributed by atoms with E-state index >= 15 is 0 Å². The highest BCUT2D eigenvalue weighted by molar-refractivity contribution is 5.92. The molecule has 0 saturated carbocycles. The zero-order valence-corrected chi connectivity index (χ0v) is 16.4. The van der Waals surface area contributed by atoms with Gasteiger partial charge in [-0.05, 0) is 24.3 Å². The zero-order chi connectivity index (χ0) is 21.3. The Labute approximate surface area is 179 Å². The van der Waals surface area contributed by atoms with Crippen molar-refractivity contribution in [3.8, 4) is 23.0 Å². The van der Waals surface area contributed by atoms with Crippen LogP contribution in [0.25, 0.3) is 0 Å². The molecule has 0 aliphatic carbocycles. The lowest BCUT2D eigenvalue weighted by Crippen LogP contribution is -2.36. The van der Waals surface area contributed by atoms with E-state index in [1.54, 1.807) is 24.3 Å². The van der Waals surface area contributed by atoms with Crippen LogP contribution in [0.4, 0.5) is 0 Å². The lowest BCUT2D eigenvalue weighted by molar-refractivity contribution is -0.0467. The normalized spacial score (nSPS) is 13.5. The number of phenols is 1. The van der Waals surface area contributed by atoms with E-state index in [0.717, 1.165) is 11.1 Å². The SMILES string of the molecule is O=C(Oc1ccccc1)c1cc(O)c2c(c1)OC(c1ccccc1)(c1ccccc1)O2. The van der Waals surface area contributed by atoms with E-state index in [0.29, 0.717) is 5.75 Å². The Bertz CT molecular complexity index is 1180. The standard InChI is InChI=1S/C26H18O5/c27-22-16-18(25(28)29-21-14-8-3-9-15-21)17-23-24(22)31-26(30-23,19-10-4-1-5-11-19)20-12-6-2-7-13-20/h1-17,27H. The van der Waals surface area contributed by atoms with E-state index in [4.69, 9.17) is 14.2 Å². The van der Waals surface area contributed by atoms with Crippen molar-refractivity contribution >= 4 is 5.97 Å². The first-order valence-corrected chi connectivity index (χ1v) is 9.79. The first-order valence-electron chi connectivity index (χ1n) is 9.79. The fourth-order valence-electron chi connectivity index (χ4n) is 3.58. The van der Waals surface area contributed by atoms with Crippen molar-refractivity contribution < 1.29 is 24.1 Å². The van der Waals surface area contributed by atoms with Crippen LogP contribution in [-0.4, -0.2) is 11.1 Å². The van der Waals surface area contributed by atoms with Gasteiger partial charge in [0.15, 0.2) is 11.5 Å². The number of aromatic hydroxyl groups is 1. The smallest absolute Gasteiger partial charge is 0.343 e. The Morgan fingerprint density at radius 1 is 0.742 bits per heavy atom. The molecule has 5 heteroatoms. The summed E-state index contributed by atoms with van der Waals surface area (Å²) in [6.07, 6.45) is 0. The third kappa shape index (κ3) is 3.36. The molecule has 1 aliphatic rings. The summed E-state index contributed by atoms with van der Waals surface area (Å²) < 4.78 is 17.9. The van der Waals surface area contributed by atoms with Gasteiger partial charge in [-0.2, -0.15) is 0 Å². The van der Waals surface area contributed by atoms with E-state index in [1.165, 1.54) is 12.1 Å². The average Bonchev–Trinajstić information content (AvgIpc) is 3.22. The topological polar surface area (TPSA) is 65.0 Å². The molecule has 0 unspecified atom stereocenters. The Kier molecular flexibility index (Phi) is 4.56. The van der Waals surface area contributed by atoms with Crippen LogP contribution in [0.1, 0.15) is 21.5 Å².